The van der Waals surface area contributed by atoms with Gasteiger partial charge in [-0.3, -0.25) is 0 Å². The van der Waals surface area contributed by atoms with Crippen molar-refractivity contribution < 1.29 is 5.11 Å². The van der Waals surface area contributed by atoms with Crippen LogP contribution in [0.3, 0.4) is 0 Å². The van der Waals surface area contributed by atoms with Crippen LogP contribution in [0.15, 0.2) is 42.0 Å². The maximum Gasteiger partial charge on any atom is 0.0614 e. The Bertz CT molecular complexity index is 233. The topological polar surface area (TPSA) is 20.2 Å². The standard InChI is InChI=1S/C7H8.C5H10O/c1-7-5-3-2-4-6-7;1-5(2)3-4-6/h2-6H,1H3;3,6H,4H2,1-2H3. The molecule has 1 aromatic rings. The van der Waals surface area contributed by atoms with Gasteiger partial charge in [0.25, 0.3) is 0 Å². The van der Waals surface area contributed by atoms with Gasteiger partial charge in [-0.2, -0.15) is 0 Å². The van der Waals surface area contributed by atoms with Gasteiger partial charge >= 0.3 is 0 Å². The fourth-order valence-electron chi connectivity index (χ4n) is 0.717. The zero-order valence-electron chi connectivity index (χ0n) is 8.62. The van der Waals surface area contributed by atoms with Gasteiger partial charge in [0.15, 0.2) is 0 Å². The predicted octanol–water partition coefficient (Wildman–Crippen LogP) is 2.94. The van der Waals surface area contributed by atoms with E-state index >= 15 is 0 Å². The first-order chi connectivity index (χ1) is 6.16. The molecule has 0 saturated carbocycles. The summed E-state index contributed by atoms with van der Waals surface area (Å²) in [5.41, 5.74) is 2.49. The lowest BCUT2D eigenvalue weighted by molar-refractivity contribution is 0.342. The fraction of sp³-hybridized carbons (Fsp3) is 0.333. The van der Waals surface area contributed by atoms with Crippen molar-refractivity contribution in [3.8, 4) is 0 Å². The predicted molar refractivity (Wildman–Crippen MR) is 57.7 cm³/mol. The molecule has 1 N–H and O–H groups in total. The summed E-state index contributed by atoms with van der Waals surface area (Å²) in [6.45, 7) is 6.16. The Kier molecular flexibility index (Phi) is 6.93. The smallest absolute Gasteiger partial charge is 0.0614 e. The molecule has 1 heteroatoms. The minimum Gasteiger partial charge on any atom is -0.392 e. The molecule has 0 amide bonds. The molecule has 0 unspecified atom stereocenters. The van der Waals surface area contributed by atoms with E-state index in [2.05, 4.69) is 19.1 Å². The molecular formula is C12H18O. The second-order valence-corrected chi connectivity index (χ2v) is 3.12. The summed E-state index contributed by atoms with van der Waals surface area (Å²) in [5, 5.41) is 8.16. The largest absolute Gasteiger partial charge is 0.392 e. The van der Waals surface area contributed by atoms with E-state index in [9.17, 15) is 0 Å². The Hall–Kier alpha value is -1.08. The van der Waals surface area contributed by atoms with Crippen LogP contribution >= 0.6 is 0 Å². The molecule has 0 radical (unpaired) electrons. The number of hydrogen-bond donors (Lipinski definition) is 1. The van der Waals surface area contributed by atoms with Crippen LogP contribution in [0.25, 0.3) is 0 Å². The van der Waals surface area contributed by atoms with E-state index in [1.807, 2.05) is 32.0 Å². The molecule has 0 atom stereocenters. The molecular weight excluding hydrogens is 160 g/mol. The summed E-state index contributed by atoms with van der Waals surface area (Å²) in [5.74, 6) is 0. The molecule has 0 fully saturated rings. The van der Waals surface area contributed by atoms with Gasteiger partial charge in [-0.15, -0.1) is 0 Å². The number of aliphatic hydroxyl groups is 1. The highest BCUT2D eigenvalue weighted by molar-refractivity contribution is 5.11. The van der Waals surface area contributed by atoms with E-state index in [1.165, 1.54) is 5.56 Å². The Morgan fingerprint density at radius 2 is 1.77 bits per heavy atom. The van der Waals surface area contributed by atoms with Crippen molar-refractivity contribution in [2.45, 2.75) is 20.8 Å². The number of aryl methyl sites for hydroxylation is 1. The number of allylic oxidation sites excluding steroid dienone is 1. The molecule has 0 bridgehead atoms. The van der Waals surface area contributed by atoms with Crippen LogP contribution in [0.4, 0.5) is 0 Å². The van der Waals surface area contributed by atoms with Crippen LogP contribution in [-0.4, -0.2) is 11.7 Å². The van der Waals surface area contributed by atoms with Gasteiger partial charge in [0, 0.05) is 0 Å². The highest BCUT2D eigenvalue weighted by atomic mass is 16.2. The van der Waals surface area contributed by atoms with E-state index in [1.54, 1.807) is 6.08 Å². The van der Waals surface area contributed by atoms with Crippen LogP contribution in [0.1, 0.15) is 19.4 Å². The number of hydrogen-bond acceptors (Lipinski definition) is 1. The van der Waals surface area contributed by atoms with E-state index < -0.39 is 0 Å². The van der Waals surface area contributed by atoms with E-state index in [0.29, 0.717) is 0 Å². The van der Waals surface area contributed by atoms with Gasteiger partial charge in [-0.05, 0) is 20.8 Å². The van der Waals surface area contributed by atoms with Crippen LogP contribution in [0, 0.1) is 6.92 Å². The number of rotatable bonds is 1. The Labute approximate surface area is 80.7 Å². The zero-order chi connectivity index (χ0) is 10.1. The van der Waals surface area contributed by atoms with E-state index in [4.69, 9.17) is 5.11 Å². The van der Waals surface area contributed by atoms with Crippen molar-refractivity contribution in [2.24, 2.45) is 0 Å². The maximum absolute atomic E-state index is 8.16. The summed E-state index contributed by atoms with van der Waals surface area (Å²) in [6.07, 6.45) is 1.76. The molecule has 0 aliphatic rings. The van der Waals surface area contributed by atoms with Gasteiger partial charge in [0.05, 0.1) is 6.61 Å². The minimum absolute atomic E-state index is 0.169. The van der Waals surface area contributed by atoms with Crippen LogP contribution in [-0.2, 0) is 0 Å². The molecule has 0 saturated heterocycles. The molecule has 1 rings (SSSR count). The third kappa shape index (κ3) is 8.83. The van der Waals surface area contributed by atoms with Crippen LogP contribution in [0.2, 0.25) is 0 Å². The lowest BCUT2D eigenvalue weighted by Crippen LogP contribution is -1.71. The third-order valence-corrected chi connectivity index (χ3v) is 1.44. The number of aliphatic hydroxyl groups excluding tert-OH is 1. The summed E-state index contributed by atoms with van der Waals surface area (Å²) in [6, 6.07) is 10.3. The van der Waals surface area contributed by atoms with Crippen molar-refractivity contribution in [3.63, 3.8) is 0 Å². The van der Waals surface area contributed by atoms with Crippen molar-refractivity contribution >= 4 is 0 Å². The average molecular weight is 178 g/mol. The molecule has 1 nitrogen and oxygen atoms in total. The van der Waals surface area contributed by atoms with Crippen molar-refractivity contribution in [3.05, 3.63) is 47.5 Å². The molecule has 0 aromatic heterocycles. The molecule has 0 aliphatic carbocycles. The monoisotopic (exact) mass is 178 g/mol. The summed E-state index contributed by atoms with van der Waals surface area (Å²) < 4.78 is 0. The second kappa shape index (κ2) is 7.56. The van der Waals surface area contributed by atoms with Crippen molar-refractivity contribution in [1.82, 2.24) is 0 Å². The molecule has 0 aliphatic heterocycles. The summed E-state index contributed by atoms with van der Waals surface area (Å²) in [7, 11) is 0. The van der Waals surface area contributed by atoms with Gasteiger partial charge in [0.1, 0.15) is 0 Å². The first kappa shape index (κ1) is 11.9. The fourth-order valence-corrected chi connectivity index (χ4v) is 0.717. The highest BCUT2D eigenvalue weighted by Crippen LogP contribution is 1.92. The third-order valence-electron chi connectivity index (χ3n) is 1.44. The van der Waals surface area contributed by atoms with Crippen molar-refractivity contribution in [2.75, 3.05) is 6.61 Å². The van der Waals surface area contributed by atoms with Crippen LogP contribution < -0.4 is 0 Å². The Morgan fingerprint density at radius 3 is 1.92 bits per heavy atom. The first-order valence-corrected chi connectivity index (χ1v) is 4.42. The maximum atomic E-state index is 8.16. The van der Waals surface area contributed by atoms with E-state index in [-0.39, 0.29) is 6.61 Å². The highest BCUT2D eigenvalue weighted by Gasteiger charge is 1.72. The van der Waals surface area contributed by atoms with Crippen LogP contribution in [0.5, 0.6) is 0 Å². The minimum atomic E-state index is 0.169. The SMILES string of the molecule is CC(C)=CCO.Cc1ccccc1. The second-order valence-electron chi connectivity index (χ2n) is 3.12. The lowest BCUT2D eigenvalue weighted by Gasteiger charge is -1.82. The van der Waals surface area contributed by atoms with Gasteiger partial charge in [0.2, 0.25) is 0 Å². The van der Waals surface area contributed by atoms with Crippen molar-refractivity contribution in [1.29, 1.82) is 0 Å². The molecule has 1 aromatic carbocycles. The normalized spacial score (nSPS) is 8.31. The first-order valence-electron chi connectivity index (χ1n) is 4.42. The zero-order valence-corrected chi connectivity index (χ0v) is 8.62. The van der Waals surface area contributed by atoms with Gasteiger partial charge in [-0.25, -0.2) is 0 Å². The Morgan fingerprint density at radius 1 is 1.23 bits per heavy atom. The van der Waals surface area contributed by atoms with Gasteiger partial charge < -0.3 is 5.11 Å². The molecule has 13 heavy (non-hydrogen) atoms. The molecule has 0 heterocycles. The summed E-state index contributed by atoms with van der Waals surface area (Å²) >= 11 is 0. The molecule has 0 spiro atoms. The quantitative estimate of drug-likeness (QED) is 0.655. The van der Waals surface area contributed by atoms with E-state index in [0.717, 1.165) is 5.57 Å². The average Bonchev–Trinajstić information content (AvgIpc) is 2.06. The Balaban J connectivity index is 0.000000226. The lowest BCUT2D eigenvalue weighted by atomic mass is 10.2. The number of benzene rings is 1. The van der Waals surface area contributed by atoms with Gasteiger partial charge in [-0.1, -0.05) is 47.5 Å². The molecule has 72 valence electrons. The summed E-state index contributed by atoms with van der Waals surface area (Å²) in [4.78, 5) is 0.